The Bertz CT molecular complexity index is 1540. The fourth-order valence-electron chi connectivity index (χ4n) is 17.7. The summed E-state index contributed by atoms with van der Waals surface area (Å²) in [5, 5.41) is 0. The molecule has 10 fully saturated rings. The molecule has 8 unspecified atom stereocenters. The smallest absolute Gasteiger partial charge is 0.0300 e. The lowest BCUT2D eigenvalue weighted by molar-refractivity contribution is 0.155. The average Bonchev–Trinajstić information content (AvgIpc) is 4.44. The molecule has 10 aliphatic rings. The van der Waals surface area contributed by atoms with E-state index in [2.05, 4.69) is 166 Å². The predicted octanol–water partition coefficient (Wildman–Crippen LogP) is 31.1. The third-order valence-corrected chi connectivity index (χ3v) is 27.7. The van der Waals surface area contributed by atoms with Crippen LogP contribution < -0.4 is 0 Å². The third-order valence-electron chi connectivity index (χ3n) is 27.7. The molecule has 85 heavy (non-hydrogen) atoms. The molecule has 0 nitrogen and oxygen atoms in total. The first kappa shape index (κ1) is 83.0. The van der Waals surface area contributed by atoms with Crippen molar-refractivity contribution in [2.75, 3.05) is 0 Å². The molecule has 0 bridgehead atoms. The highest BCUT2D eigenvalue weighted by molar-refractivity contribution is 4.89. The molecule has 0 N–H and O–H groups in total. The maximum atomic E-state index is 2.47. The van der Waals surface area contributed by atoms with Gasteiger partial charge in [-0.05, 0) is 219 Å². The Kier molecular flexibility index (Phi) is 39.9. The van der Waals surface area contributed by atoms with Crippen molar-refractivity contribution in [2.24, 2.45) is 77.8 Å². The summed E-state index contributed by atoms with van der Waals surface area (Å²) in [7, 11) is 0. The first-order chi connectivity index (χ1) is 39.8. The van der Waals surface area contributed by atoms with E-state index >= 15 is 0 Å². The summed E-state index contributed by atoms with van der Waals surface area (Å²) < 4.78 is 0. The average molecular weight is 1190 g/mol. The van der Waals surface area contributed by atoms with Gasteiger partial charge in [0.1, 0.15) is 0 Å². The Morgan fingerprint density at radius 3 is 0.671 bits per heavy atom. The highest BCUT2D eigenvalue weighted by Gasteiger charge is 2.37. The summed E-state index contributed by atoms with van der Waals surface area (Å²) in [6.07, 6.45) is 68.2. The van der Waals surface area contributed by atoms with E-state index in [9.17, 15) is 0 Å². The summed E-state index contributed by atoms with van der Waals surface area (Å²) >= 11 is 0. The van der Waals surface area contributed by atoms with Crippen molar-refractivity contribution >= 4 is 0 Å². The molecule has 0 aromatic carbocycles. The van der Waals surface area contributed by atoms with Crippen LogP contribution in [-0.4, -0.2) is 0 Å². The van der Waals surface area contributed by atoms with Crippen LogP contribution in [0.4, 0.5) is 0 Å². The molecule has 0 heterocycles. The van der Waals surface area contributed by atoms with Gasteiger partial charge >= 0.3 is 0 Å². The molecule has 10 saturated carbocycles. The van der Waals surface area contributed by atoms with Crippen molar-refractivity contribution in [1.82, 2.24) is 0 Å². The van der Waals surface area contributed by atoms with Crippen LogP contribution in [0.2, 0.25) is 0 Å². The topological polar surface area (TPSA) is 0 Å². The molecule has 10 rings (SSSR count). The van der Waals surface area contributed by atoms with Crippen LogP contribution in [-0.2, 0) is 0 Å². The molecule has 0 spiro atoms. The molecule has 510 valence electrons. The molecule has 0 aromatic heterocycles. The van der Waals surface area contributed by atoms with Gasteiger partial charge in [-0.1, -0.05) is 327 Å². The van der Waals surface area contributed by atoms with Crippen LogP contribution in [0.1, 0.15) is 468 Å². The molecule has 0 heteroatoms. The molecule has 0 amide bonds. The van der Waals surface area contributed by atoms with Crippen LogP contribution in [0.15, 0.2) is 0 Å². The van der Waals surface area contributed by atoms with Gasteiger partial charge in [0.2, 0.25) is 0 Å². The quantitative estimate of drug-likeness (QED) is 0.163. The summed E-state index contributed by atoms with van der Waals surface area (Å²) in [5.74, 6) is 3.95. The minimum absolute atomic E-state index is 0.694. The van der Waals surface area contributed by atoms with Gasteiger partial charge in [0.15, 0.2) is 0 Å². The Balaban J connectivity index is 0.000000473. The van der Waals surface area contributed by atoms with Gasteiger partial charge in [0.25, 0.3) is 0 Å². The fraction of sp³-hybridized carbons (Fsp3) is 1.00. The minimum Gasteiger partial charge on any atom is -0.0654 e. The van der Waals surface area contributed by atoms with Crippen molar-refractivity contribution < 1.29 is 0 Å². The first-order valence-corrected chi connectivity index (χ1v) is 39.8. The van der Waals surface area contributed by atoms with Crippen LogP contribution in [0.3, 0.4) is 0 Å². The summed E-state index contributed by atoms with van der Waals surface area (Å²) in [6, 6.07) is 0. The van der Waals surface area contributed by atoms with E-state index in [1.165, 1.54) is 302 Å². The number of hydrogen-bond donors (Lipinski definition) is 0. The zero-order chi connectivity index (χ0) is 64.5. The molecule has 0 saturated heterocycles. The standard InChI is InChI=1S/2C10H20.4C9H18.2C8H16.C7H14.C6H12/c1-4-7-10(3)8-5-6-9(10)2;1-4-6-10(3)7-5-9(2)8-10;1-4-9(3)6-5-8(2)7-9;1-4-9(3)7-5-6-8(9)2;2*1-3-6-9(2)7-4-5-8-9;2*1-3-8(2)6-4-5-7-8;1-3-7(2)5-4-6-7;1-3-6(2)4-5-6/h2*9H,4-8H2,1-3H3;2*8H,4-7H2,1-3H3;2*3-8H2,1-2H3;2*3-7H2,1-2H3;3-6H2,1-2H3;3-5H2,1-2H3. The molecule has 0 aliphatic heterocycles. The molecule has 8 atom stereocenters. The van der Waals surface area contributed by atoms with Gasteiger partial charge in [0, 0.05) is 0 Å². The van der Waals surface area contributed by atoms with E-state index in [4.69, 9.17) is 0 Å². The predicted molar refractivity (Wildman–Crippen MR) is 391 cm³/mol. The molecule has 0 radical (unpaired) electrons. The minimum atomic E-state index is 0.694. The molecular formula is C85H170. The van der Waals surface area contributed by atoms with Crippen LogP contribution >= 0.6 is 0 Å². The maximum Gasteiger partial charge on any atom is -0.0300 e. The second kappa shape index (κ2) is 40.9. The second-order valence-electron chi connectivity index (χ2n) is 36.4. The molecule has 0 aromatic rings. The van der Waals surface area contributed by atoms with Crippen molar-refractivity contribution in [3.8, 4) is 0 Å². The van der Waals surface area contributed by atoms with Crippen molar-refractivity contribution in [3.63, 3.8) is 0 Å². The normalized spacial score (nSPS) is 33.0. The number of rotatable bonds is 14. The van der Waals surface area contributed by atoms with E-state index in [1.54, 1.807) is 0 Å². The highest BCUT2D eigenvalue weighted by Crippen LogP contribution is 2.50. The lowest BCUT2D eigenvalue weighted by Gasteiger charge is -2.37. The summed E-state index contributed by atoms with van der Waals surface area (Å²) in [4.78, 5) is 0. The van der Waals surface area contributed by atoms with Gasteiger partial charge in [-0.2, -0.15) is 0 Å². The van der Waals surface area contributed by atoms with E-state index in [0.29, 0.717) is 21.7 Å². The first-order valence-electron chi connectivity index (χ1n) is 39.8. The number of hydrogen-bond acceptors (Lipinski definition) is 0. The Morgan fingerprint density at radius 1 is 0.224 bits per heavy atom. The summed E-state index contributed by atoms with van der Waals surface area (Å²) in [5.41, 5.74) is 7.34. The van der Waals surface area contributed by atoms with Gasteiger partial charge in [-0.25, -0.2) is 0 Å². The van der Waals surface area contributed by atoms with E-state index < -0.39 is 0 Å². The zero-order valence-corrected chi connectivity index (χ0v) is 64.5. The van der Waals surface area contributed by atoms with Crippen LogP contribution in [0.25, 0.3) is 0 Å². The molecular weight excluding hydrogens is 1020 g/mol. The second-order valence-corrected chi connectivity index (χ2v) is 36.4. The maximum absolute atomic E-state index is 2.47. The van der Waals surface area contributed by atoms with Crippen LogP contribution in [0, 0.1) is 77.8 Å². The van der Waals surface area contributed by atoms with Crippen LogP contribution in [0.5, 0.6) is 0 Å². The third kappa shape index (κ3) is 32.9. The van der Waals surface area contributed by atoms with Gasteiger partial charge in [0.05, 0.1) is 0 Å². The van der Waals surface area contributed by atoms with Crippen molar-refractivity contribution in [3.05, 3.63) is 0 Å². The van der Waals surface area contributed by atoms with Gasteiger partial charge in [-0.15, -0.1) is 0 Å². The van der Waals surface area contributed by atoms with Gasteiger partial charge < -0.3 is 0 Å². The van der Waals surface area contributed by atoms with Crippen molar-refractivity contribution in [1.29, 1.82) is 0 Å². The summed E-state index contributed by atoms with van der Waals surface area (Å²) in [6.45, 7) is 56.9. The zero-order valence-electron chi connectivity index (χ0n) is 64.5. The van der Waals surface area contributed by atoms with E-state index in [1.807, 2.05) is 0 Å². The largest absolute Gasteiger partial charge is 0.0654 e. The van der Waals surface area contributed by atoms with E-state index in [-0.39, 0.29) is 0 Å². The lowest BCUT2D eigenvalue weighted by Crippen LogP contribution is -2.23. The Hall–Kier alpha value is 0. The van der Waals surface area contributed by atoms with E-state index in [0.717, 1.165) is 56.2 Å². The van der Waals surface area contributed by atoms with Gasteiger partial charge in [-0.3, -0.25) is 0 Å². The Morgan fingerprint density at radius 2 is 0.494 bits per heavy atom. The monoisotopic (exact) mass is 1190 g/mol. The Labute approximate surface area is 542 Å². The SMILES string of the molecule is CCC1(C)CC1.CCC1(C)CCC(C)C1.CCC1(C)CCC1.CCC1(C)CCCC1.CCC1(C)CCCC1.CCC1(C)CCCC1C.CCCC1(C)CCC(C)C1.CCCC1(C)CCCC1.CCCC1(C)CCCC1.CCCC1(C)CCCC1C. The highest BCUT2D eigenvalue weighted by atomic mass is 14.4. The fourth-order valence-corrected chi connectivity index (χ4v) is 17.7. The van der Waals surface area contributed by atoms with Crippen molar-refractivity contribution in [2.45, 2.75) is 468 Å². The molecule has 10 aliphatic carbocycles. The lowest BCUT2D eigenvalue weighted by atomic mass is 9.69.